The van der Waals surface area contributed by atoms with Gasteiger partial charge < -0.3 is 10.0 Å². The third-order valence-electron chi connectivity index (χ3n) is 2.18. The summed E-state index contributed by atoms with van der Waals surface area (Å²) in [5.74, 6) is -1.78. The van der Waals surface area contributed by atoms with Crippen LogP contribution in [0.4, 0.5) is 5.69 Å². The lowest BCUT2D eigenvalue weighted by molar-refractivity contribution is -0.131. The number of hydrogen-bond donors (Lipinski definition) is 2. The second-order valence-corrected chi connectivity index (χ2v) is 3.89. The zero-order valence-corrected chi connectivity index (χ0v) is 10.7. The highest BCUT2D eigenvalue weighted by molar-refractivity contribution is 5.94. The number of benzene rings is 1. The van der Waals surface area contributed by atoms with E-state index in [1.165, 1.54) is 6.21 Å². The Kier molecular flexibility index (Phi) is 5.28. The summed E-state index contributed by atoms with van der Waals surface area (Å²) in [5.41, 5.74) is 4.08. The Bertz CT molecular complexity index is 504. The molecule has 1 aromatic rings. The molecule has 0 aliphatic carbocycles. The summed E-state index contributed by atoms with van der Waals surface area (Å²) in [6, 6.07) is 7.57. The summed E-state index contributed by atoms with van der Waals surface area (Å²) in [6.07, 6.45) is 3.12. The fourth-order valence-electron chi connectivity index (χ4n) is 1.21. The van der Waals surface area contributed by atoms with Crippen molar-refractivity contribution in [2.45, 2.75) is 0 Å². The van der Waals surface area contributed by atoms with Crippen LogP contribution in [0.15, 0.2) is 41.5 Å². The molecule has 1 rings (SSSR count). The van der Waals surface area contributed by atoms with Gasteiger partial charge in [-0.2, -0.15) is 5.10 Å². The molecule has 100 valence electrons. The predicted molar refractivity (Wildman–Crippen MR) is 73.3 cm³/mol. The van der Waals surface area contributed by atoms with Crippen molar-refractivity contribution < 1.29 is 14.7 Å². The van der Waals surface area contributed by atoms with Crippen molar-refractivity contribution in [3.8, 4) is 0 Å². The van der Waals surface area contributed by atoms with E-state index in [2.05, 4.69) is 10.5 Å². The minimum Gasteiger partial charge on any atom is -0.478 e. The van der Waals surface area contributed by atoms with Gasteiger partial charge in [-0.05, 0) is 17.7 Å². The molecule has 0 unspecified atom stereocenters. The van der Waals surface area contributed by atoms with Crippen LogP contribution in [-0.4, -0.2) is 37.3 Å². The second kappa shape index (κ2) is 6.95. The van der Waals surface area contributed by atoms with Crippen molar-refractivity contribution in [1.82, 2.24) is 5.43 Å². The zero-order valence-electron chi connectivity index (χ0n) is 10.7. The number of rotatable bonds is 5. The van der Waals surface area contributed by atoms with E-state index in [0.29, 0.717) is 0 Å². The first-order chi connectivity index (χ1) is 8.99. The number of nitrogens with one attached hydrogen (secondary N) is 1. The average Bonchev–Trinajstić information content (AvgIpc) is 2.37. The van der Waals surface area contributed by atoms with E-state index in [-0.39, 0.29) is 0 Å². The molecule has 0 aromatic heterocycles. The van der Waals surface area contributed by atoms with Crippen LogP contribution in [-0.2, 0) is 9.59 Å². The van der Waals surface area contributed by atoms with E-state index >= 15 is 0 Å². The van der Waals surface area contributed by atoms with E-state index in [1.807, 2.05) is 43.3 Å². The molecule has 1 aromatic carbocycles. The van der Waals surface area contributed by atoms with Crippen LogP contribution < -0.4 is 10.3 Å². The highest BCUT2D eigenvalue weighted by Gasteiger charge is 1.95. The van der Waals surface area contributed by atoms with Crippen molar-refractivity contribution in [2.24, 2.45) is 5.10 Å². The number of nitrogens with zero attached hydrogens (tertiary/aromatic N) is 2. The molecular formula is C13H15N3O3. The van der Waals surface area contributed by atoms with Gasteiger partial charge in [0.25, 0.3) is 5.91 Å². The molecule has 0 radical (unpaired) electrons. The molecule has 0 aliphatic rings. The molecular weight excluding hydrogens is 246 g/mol. The summed E-state index contributed by atoms with van der Waals surface area (Å²) >= 11 is 0. The van der Waals surface area contributed by atoms with Gasteiger partial charge in [0.15, 0.2) is 0 Å². The number of aliphatic carboxylic acids is 1. The maximum Gasteiger partial charge on any atom is 0.328 e. The molecule has 0 saturated carbocycles. The fourth-order valence-corrected chi connectivity index (χ4v) is 1.21. The summed E-state index contributed by atoms with van der Waals surface area (Å²) in [7, 11) is 3.89. The van der Waals surface area contributed by atoms with Gasteiger partial charge in [-0.1, -0.05) is 12.1 Å². The first kappa shape index (κ1) is 14.4. The number of carboxylic acids is 1. The molecule has 0 saturated heterocycles. The number of anilines is 1. The number of carbonyl (C=O) groups is 2. The van der Waals surface area contributed by atoms with Gasteiger partial charge in [0.2, 0.25) is 0 Å². The summed E-state index contributed by atoms with van der Waals surface area (Å²) in [6.45, 7) is 0. The van der Waals surface area contributed by atoms with Crippen molar-refractivity contribution in [3.05, 3.63) is 42.0 Å². The molecule has 0 atom stereocenters. The van der Waals surface area contributed by atoms with Crippen LogP contribution in [0.3, 0.4) is 0 Å². The largest absolute Gasteiger partial charge is 0.478 e. The Balaban J connectivity index is 2.53. The van der Waals surface area contributed by atoms with E-state index < -0.39 is 11.9 Å². The van der Waals surface area contributed by atoms with Gasteiger partial charge in [-0.25, -0.2) is 10.2 Å². The maximum absolute atomic E-state index is 11.1. The molecule has 0 bridgehead atoms. The van der Waals surface area contributed by atoms with E-state index in [9.17, 15) is 9.59 Å². The Hall–Kier alpha value is -2.63. The molecule has 0 heterocycles. The third kappa shape index (κ3) is 5.49. The molecule has 0 fully saturated rings. The second-order valence-electron chi connectivity index (χ2n) is 3.89. The highest BCUT2D eigenvalue weighted by Crippen LogP contribution is 2.10. The lowest BCUT2D eigenvalue weighted by atomic mass is 10.2. The molecule has 0 spiro atoms. The highest BCUT2D eigenvalue weighted by atomic mass is 16.4. The number of carboxylic acid groups (broad SMARTS) is 1. The predicted octanol–water partition coefficient (Wildman–Crippen LogP) is 0.843. The maximum atomic E-state index is 11.1. The first-order valence-corrected chi connectivity index (χ1v) is 5.50. The Morgan fingerprint density at radius 3 is 2.37 bits per heavy atom. The van der Waals surface area contributed by atoms with Gasteiger partial charge >= 0.3 is 5.97 Å². The molecule has 1 amide bonds. The Morgan fingerprint density at radius 1 is 1.21 bits per heavy atom. The lowest BCUT2D eigenvalue weighted by Crippen LogP contribution is -2.14. The minimum atomic E-state index is -1.18. The van der Waals surface area contributed by atoms with Gasteiger partial charge in [0.1, 0.15) is 0 Å². The van der Waals surface area contributed by atoms with Crippen molar-refractivity contribution in [2.75, 3.05) is 19.0 Å². The van der Waals surface area contributed by atoms with Gasteiger partial charge in [-0.3, -0.25) is 4.79 Å². The standard InChI is InChI=1S/C13H15N3O3/c1-16(2)11-5-3-10(4-6-11)9-14-15-12(17)7-8-13(18)19/h3-9H,1-2H3,(H,15,17)(H,18,19)/b8-7?,14-9-. The van der Waals surface area contributed by atoms with Crippen LogP contribution in [0.5, 0.6) is 0 Å². The summed E-state index contributed by atoms with van der Waals surface area (Å²) < 4.78 is 0. The monoisotopic (exact) mass is 261 g/mol. The number of carbonyl (C=O) groups excluding carboxylic acids is 1. The van der Waals surface area contributed by atoms with E-state index in [4.69, 9.17) is 5.11 Å². The van der Waals surface area contributed by atoms with Crippen LogP contribution >= 0.6 is 0 Å². The SMILES string of the molecule is CN(C)c1ccc(/C=N\NC(=O)C=CC(=O)O)cc1. The normalized spacial score (nSPS) is 10.8. The van der Waals surface area contributed by atoms with Crippen molar-refractivity contribution in [3.63, 3.8) is 0 Å². The lowest BCUT2D eigenvalue weighted by Gasteiger charge is -2.11. The average molecular weight is 261 g/mol. The fraction of sp³-hybridized carbons (Fsp3) is 0.154. The van der Waals surface area contributed by atoms with Crippen molar-refractivity contribution >= 4 is 23.8 Å². The van der Waals surface area contributed by atoms with Gasteiger partial charge in [0.05, 0.1) is 6.21 Å². The molecule has 6 heteroatoms. The Morgan fingerprint density at radius 2 is 1.84 bits per heavy atom. The number of amides is 1. The number of hydrogen-bond acceptors (Lipinski definition) is 4. The summed E-state index contributed by atoms with van der Waals surface area (Å²) in [4.78, 5) is 23.2. The molecule has 2 N–H and O–H groups in total. The topological polar surface area (TPSA) is 82.0 Å². The molecule has 6 nitrogen and oxygen atoms in total. The van der Waals surface area contributed by atoms with E-state index in [0.717, 1.165) is 23.4 Å². The minimum absolute atomic E-state index is 0.594. The molecule has 19 heavy (non-hydrogen) atoms. The van der Waals surface area contributed by atoms with Gasteiger partial charge in [-0.15, -0.1) is 0 Å². The Labute approximate surface area is 111 Å². The van der Waals surface area contributed by atoms with Crippen LogP contribution in [0.2, 0.25) is 0 Å². The van der Waals surface area contributed by atoms with E-state index in [1.54, 1.807) is 0 Å². The zero-order chi connectivity index (χ0) is 14.3. The smallest absolute Gasteiger partial charge is 0.328 e. The van der Waals surface area contributed by atoms with Crippen LogP contribution in [0.1, 0.15) is 5.56 Å². The first-order valence-electron chi connectivity index (χ1n) is 5.50. The quantitative estimate of drug-likeness (QED) is 0.467. The third-order valence-corrected chi connectivity index (χ3v) is 2.18. The van der Waals surface area contributed by atoms with Crippen molar-refractivity contribution in [1.29, 1.82) is 0 Å². The van der Waals surface area contributed by atoms with Crippen LogP contribution in [0.25, 0.3) is 0 Å². The number of hydrazone groups is 1. The summed E-state index contributed by atoms with van der Waals surface area (Å²) in [5, 5.41) is 12.0. The van der Waals surface area contributed by atoms with Gasteiger partial charge in [0, 0.05) is 31.9 Å². The van der Waals surface area contributed by atoms with Crippen LogP contribution in [0, 0.1) is 0 Å². The molecule has 0 aliphatic heterocycles.